The number of aryl methyl sites for hydroxylation is 1. The van der Waals surface area contributed by atoms with Gasteiger partial charge in [-0.05, 0) is 41.8 Å². The number of carbonyl (C=O) groups is 1. The number of halogens is 3. The van der Waals surface area contributed by atoms with Crippen molar-refractivity contribution < 1.29 is 14.6 Å². The maximum Gasteiger partial charge on any atom is 0.352 e. The van der Waals surface area contributed by atoms with Gasteiger partial charge in [-0.3, -0.25) is 0 Å². The van der Waals surface area contributed by atoms with Crippen molar-refractivity contribution >= 4 is 51.7 Å². The molecule has 2 aromatic carbocycles. The van der Waals surface area contributed by atoms with E-state index in [1.807, 2.05) is 19.1 Å². The average molecular weight is 413 g/mol. The Kier molecular flexibility index (Phi) is 5.37. The van der Waals surface area contributed by atoms with Crippen LogP contribution in [0.25, 0.3) is 10.9 Å². The van der Waals surface area contributed by atoms with Gasteiger partial charge in [0.05, 0.1) is 27.7 Å². The van der Waals surface area contributed by atoms with E-state index in [0.717, 1.165) is 11.1 Å². The number of nitrogens with zero attached hydrogens (tertiary/aromatic N) is 1. The first-order chi connectivity index (χ1) is 12.4. The molecule has 0 spiro atoms. The Morgan fingerprint density at radius 1 is 1.15 bits per heavy atom. The molecule has 136 valence electrons. The van der Waals surface area contributed by atoms with Crippen LogP contribution < -0.4 is 4.74 Å². The van der Waals surface area contributed by atoms with E-state index in [9.17, 15) is 9.90 Å². The third-order valence-corrected chi connectivity index (χ3v) is 5.45. The van der Waals surface area contributed by atoms with Crippen LogP contribution in [0.15, 0.2) is 30.3 Å². The number of hydrogen-bond acceptors (Lipinski definition) is 2. The Morgan fingerprint density at radius 3 is 2.46 bits per heavy atom. The van der Waals surface area contributed by atoms with E-state index >= 15 is 0 Å². The highest BCUT2D eigenvalue weighted by Gasteiger charge is 2.24. The smallest absolute Gasteiger partial charge is 0.352 e. The normalized spacial score (nSPS) is 11.1. The molecule has 0 saturated carbocycles. The summed E-state index contributed by atoms with van der Waals surface area (Å²) in [6.45, 7) is 2.23. The fourth-order valence-electron chi connectivity index (χ4n) is 3.19. The number of carboxylic acids is 1. The zero-order valence-corrected chi connectivity index (χ0v) is 16.4. The largest absolute Gasteiger partial charge is 0.495 e. The summed E-state index contributed by atoms with van der Waals surface area (Å²) >= 11 is 18.6. The van der Waals surface area contributed by atoms with E-state index in [-0.39, 0.29) is 5.69 Å². The molecule has 0 fully saturated rings. The molecule has 0 aliphatic rings. The van der Waals surface area contributed by atoms with E-state index < -0.39 is 5.97 Å². The summed E-state index contributed by atoms with van der Waals surface area (Å²) in [5.74, 6) is -0.495. The Bertz CT molecular complexity index is 1010. The summed E-state index contributed by atoms with van der Waals surface area (Å²) in [6.07, 6.45) is 0.527. The van der Waals surface area contributed by atoms with Crippen molar-refractivity contribution in [2.45, 2.75) is 19.9 Å². The Morgan fingerprint density at radius 2 is 1.88 bits per heavy atom. The Labute approximate surface area is 165 Å². The Hall–Kier alpha value is -1.88. The van der Waals surface area contributed by atoms with Crippen LogP contribution in [0.5, 0.6) is 5.75 Å². The number of aromatic nitrogens is 1. The molecule has 0 aliphatic heterocycles. The predicted molar refractivity (Wildman–Crippen MR) is 105 cm³/mol. The SMILES string of the molecule is CCc1c(C(=O)O)n(Cc2ccc(Cl)c(Cl)c2)c2ccc(OC)c(Cl)c12. The summed E-state index contributed by atoms with van der Waals surface area (Å²) < 4.78 is 7.03. The van der Waals surface area contributed by atoms with Crippen molar-refractivity contribution in [2.75, 3.05) is 7.11 Å². The number of fused-ring (bicyclic) bond motifs is 1. The molecular formula is C19H16Cl3NO3. The molecule has 4 nitrogen and oxygen atoms in total. The average Bonchev–Trinajstić information content (AvgIpc) is 2.93. The lowest BCUT2D eigenvalue weighted by Gasteiger charge is -2.10. The van der Waals surface area contributed by atoms with Gasteiger partial charge in [0, 0.05) is 11.9 Å². The summed E-state index contributed by atoms with van der Waals surface area (Å²) in [7, 11) is 1.53. The third kappa shape index (κ3) is 3.13. The molecule has 0 saturated heterocycles. The maximum absolute atomic E-state index is 12.0. The third-order valence-electron chi connectivity index (χ3n) is 4.33. The number of benzene rings is 2. The second-order valence-electron chi connectivity index (χ2n) is 5.80. The lowest BCUT2D eigenvalue weighted by atomic mass is 10.1. The molecule has 0 aliphatic carbocycles. The molecule has 1 heterocycles. The van der Waals surface area contributed by atoms with Gasteiger partial charge in [0.15, 0.2) is 0 Å². The molecule has 3 rings (SSSR count). The highest BCUT2D eigenvalue weighted by molar-refractivity contribution is 6.42. The highest BCUT2D eigenvalue weighted by Crippen LogP contribution is 2.39. The molecule has 0 amide bonds. The second kappa shape index (κ2) is 7.39. The number of hydrogen-bond donors (Lipinski definition) is 1. The lowest BCUT2D eigenvalue weighted by Crippen LogP contribution is -2.11. The minimum absolute atomic E-state index is 0.212. The second-order valence-corrected chi connectivity index (χ2v) is 6.99. The van der Waals surface area contributed by atoms with Crippen LogP contribution in [0.4, 0.5) is 0 Å². The van der Waals surface area contributed by atoms with Crippen molar-refractivity contribution in [3.63, 3.8) is 0 Å². The van der Waals surface area contributed by atoms with E-state index in [4.69, 9.17) is 39.5 Å². The quantitative estimate of drug-likeness (QED) is 0.566. The minimum Gasteiger partial charge on any atom is -0.495 e. The van der Waals surface area contributed by atoms with Crippen LogP contribution >= 0.6 is 34.8 Å². The topological polar surface area (TPSA) is 51.5 Å². The lowest BCUT2D eigenvalue weighted by molar-refractivity contribution is 0.0685. The predicted octanol–water partition coefficient (Wildman–Crippen LogP) is 5.92. The molecule has 0 radical (unpaired) electrons. The zero-order valence-electron chi connectivity index (χ0n) is 14.1. The van der Waals surface area contributed by atoms with Crippen LogP contribution in [-0.4, -0.2) is 22.8 Å². The fourth-order valence-corrected chi connectivity index (χ4v) is 3.86. The van der Waals surface area contributed by atoms with Crippen LogP contribution in [0.3, 0.4) is 0 Å². The molecule has 1 N–H and O–H groups in total. The fraction of sp³-hybridized carbons (Fsp3) is 0.211. The van der Waals surface area contributed by atoms with Crippen LogP contribution in [-0.2, 0) is 13.0 Å². The number of ether oxygens (including phenoxy) is 1. The van der Waals surface area contributed by atoms with Crippen molar-refractivity contribution in [3.05, 3.63) is 62.2 Å². The van der Waals surface area contributed by atoms with E-state index in [2.05, 4.69) is 0 Å². The summed E-state index contributed by atoms with van der Waals surface area (Å²) in [5.41, 5.74) is 2.46. The minimum atomic E-state index is -1.01. The van der Waals surface area contributed by atoms with Gasteiger partial charge in [0.2, 0.25) is 0 Å². The zero-order chi connectivity index (χ0) is 19.0. The van der Waals surface area contributed by atoms with E-state index in [1.165, 1.54) is 7.11 Å². The van der Waals surface area contributed by atoms with Crippen molar-refractivity contribution in [3.8, 4) is 5.75 Å². The van der Waals surface area contributed by atoms with Gasteiger partial charge in [0.1, 0.15) is 11.4 Å². The molecule has 7 heteroatoms. The summed E-state index contributed by atoms with van der Waals surface area (Å²) in [5, 5.41) is 11.8. The molecule has 1 aromatic heterocycles. The molecule has 3 aromatic rings. The van der Waals surface area contributed by atoms with Gasteiger partial charge in [-0.1, -0.05) is 47.8 Å². The molecule has 26 heavy (non-hydrogen) atoms. The van der Waals surface area contributed by atoms with E-state index in [0.29, 0.717) is 44.7 Å². The number of aromatic carboxylic acids is 1. The van der Waals surface area contributed by atoms with Gasteiger partial charge in [-0.25, -0.2) is 4.79 Å². The van der Waals surface area contributed by atoms with Gasteiger partial charge >= 0.3 is 5.97 Å². The standard InChI is InChI=1S/C19H16Cl3NO3/c1-3-11-16-14(6-7-15(26-2)17(16)22)23(18(11)19(24)25)9-10-4-5-12(20)13(21)8-10/h4-8H,3,9H2,1-2H3,(H,24,25). The molecule has 0 atom stereocenters. The number of methoxy groups -OCH3 is 1. The first-order valence-electron chi connectivity index (χ1n) is 7.93. The van der Waals surface area contributed by atoms with Crippen LogP contribution in [0.1, 0.15) is 28.5 Å². The van der Waals surface area contributed by atoms with E-state index in [1.54, 1.807) is 22.8 Å². The highest BCUT2D eigenvalue weighted by atomic mass is 35.5. The van der Waals surface area contributed by atoms with Crippen molar-refractivity contribution in [1.29, 1.82) is 0 Å². The monoisotopic (exact) mass is 411 g/mol. The first kappa shape index (κ1) is 18.9. The van der Waals surface area contributed by atoms with Crippen LogP contribution in [0.2, 0.25) is 15.1 Å². The number of carboxylic acid groups (broad SMARTS) is 1. The summed E-state index contributed by atoms with van der Waals surface area (Å²) in [6, 6.07) is 8.81. The van der Waals surface area contributed by atoms with Crippen molar-refractivity contribution in [1.82, 2.24) is 4.57 Å². The van der Waals surface area contributed by atoms with Gasteiger partial charge in [-0.15, -0.1) is 0 Å². The first-order valence-corrected chi connectivity index (χ1v) is 9.07. The number of rotatable bonds is 5. The maximum atomic E-state index is 12.0. The molecule has 0 bridgehead atoms. The van der Waals surface area contributed by atoms with Gasteiger partial charge in [0.25, 0.3) is 0 Å². The Balaban J connectivity index is 2.29. The van der Waals surface area contributed by atoms with Gasteiger partial charge < -0.3 is 14.4 Å². The van der Waals surface area contributed by atoms with Crippen molar-refractivity contribution in [2.24, 2.45) is 0 Å². The van der Waals surface area contributed by atoms with Crippen LogP contribution in [0, 0.1) is 0 Å². The molecular weight excluding hydrogens is 397 g/mol. The molecule has 0 unspecified atom stereocenters. The summed E-state index contributed by atoms with van der Waals surface area (Å²) in [4.78, 5) is 12.0. The van der Waals surface area contributed by atoms with Gasteiger partial charge in [-0.2, -0.15) is 0 Å².